The Hall–Kier alpha value is -2.48. The van der Waals surface area contributed by atoms with E-state index in [4.69, 9.17) is 4.74 Å². The summed E-state index contributed by atoms with van der Waals surface area (Å²) in [6.45, 7) is 4.79. The molecule has 0 unspecified atom stereocenters. The van der Waals surface area contributed by atoms with Crippen molar-refractivity contribution in [1.82, 2.24) is 24.4 Å². The molecule has 0 radical (unpaired) electrons. The lowest BCUT2D eigenvalue weighted by Gasteiger charge is -2.33. The molecule has 24 heavy (non-hydrogen) atoms. The van der Waals surface area contributed by atoms with Crippen LogP contribution >= 0.6 is 0 Å². The molecule has 3 rings (SSSR count). The Morgan fingerprint density at radius 3 is 2.75 bits per heavy atom. The van der Waals surface area contributed by atoms with Crippen molar-refractivity contribution in [3.8, 4) is 0 Å². The third kappa shape index (κ3) is 2.96. The van der Waals surface area contributed by atoms with Crippen molar-refractivity contribution >= 4 is 17.5 Å². The summed E-state index contributed by atoms with van der Waals surface area (Å²) < 4.78 is 7.21. The first-order valence-electron chi connectivity index (χ1n) is 7.83. The van der Waals surface area contributed by atoms with Crippen LogP contribution < -0.4 is 0 Å². The average molecular weight is 331 g/mol. The molecule has 1 saturated heterocycles. The van der Waals surface area contributed by atoms with E-state index in [-0.39, 0.29) is 18.4 Å². The predicted molar refractivity (Wildman–Crippen MR) is 86.8 cm³/mol. The lowest BCUT2D eigenvalue weighted by atomic mass is 10.2. The fourth-order valence-electron chi connectivity index (χ4n) is 2.78. The molecule has 0 bridgehead atoms. The molecular weight excluding hydrogens is 310 g/mol. The summed E-state index contributed by atoms with van der Waals surface area (Å²) in [5, 5.41) is 4.34. The summed E-state index contributed by atoms with van der Waals surface area (Å²) >= 11 is 0. The fourth-order valence-corrected chi connectivity index (χ4v) is 2.78. The van der Waals surface area contributed by atoms with Crippen LogP contribution in [0.5, 0.6) is 0 Å². The molecule has 8 nitrogen and oxygen atoms in total. The highest BCUT2D eigenvalue weighted by Gasteiger charge is 2.31. The predicted octanol–water partition coefficient (Wildman–Crippen LogP) is 0.275. The van der Waals surface area contributed by atoms with E-state index in [2.05, 4.69) is 10.1 Å². The summed E-state index contributed by atoms with van der Waals surface area (Å²) in [6.07, 6.45) is -0.625. The Morgan fingerprint density at radius 2 is 2.04 bits per heavy atom. The number of fused-ring (bicyclic) bond motifs is 1. The summed E-state index contributed by atoms with van der Waals surface area (Å²) in [6, 6.07) is 3.56. The number of carbonyl (C=O) groups excluding carboxylic acids is 2. The van der Waals surface area contributed by atoms with Crippen molar-refractivity contribution in [3.63, 3.8) is 0 Å². The van der Waals surface area contributed by atoms with Crippen LogP contribution in [0, 0.1) is 13.8 Å². The number of rotatable bonds is 2. The van der Waals surface area contributed by atoms with E-state index in [9.17, 15) is 9.59 Å². The third-order valence-electron chi connectivity index (χ3n) is 4.02. The molecule has 0 aliphatic carbocycles. The molecule has 0 aromatic carbocycles. The molecule has 2 aromatic heterocycles. The molecule has 128 valence electrons. The first-order valence-corrected chi connectivity index (χ1v) is 7.83. The van der Waals surface area contributed by atoms with Gasteiger partial charge in [0.15, 0.2) is 11.8 Å². The van der Waals surface area contributed by atoms with Crippen LogP contribution in [0.15, 0.2) is 12.1 Å². The molecule has 0 spiro atoms. The smallest absolute Gasteiger partial charge is 0.272 e. The number of morpholine rings is 1. The monoisotopic (exact) mass is 331 g/mol. The average Bonchev–Trinajstić information content (AvgIpc) is 2.94. The van der Waals surface area contributed by atoms with Crippen molar-refractivity contribution < 1.29 is 14.3 Å². The van der Waals surface area contributed by atoms with Crippen molar-refractivity contribution in [2.45, 2.75) is 20.0 Å². The van der Waals surface area contributed by atoms with Gasteiger partial charge in [-0.25, -0.2) is 9.50 Å². The minimum Gasteiger partial charge on any atom is -0.365 e. The Morgan fingerprint density at radius 1 is 1.29 bits per heavy atom. The van der Waals surface area contributed by atoms with Gasteiger partial charge in [-0.2, -0.15) is 5.10 Å². The molecule has 0 N–H and O–H groups in total. The molecule has 1 fully saturated rings. The fraction of sp³-hybridized carbons (Fsp3) is 0.500. The minimum atomic E-state index is -0.625. The maximum atomic E-state index is 12.8. The first-order chi connectivity index (χ1) is 11.4. The second kappa shape index (κ2) is 6.20. The Labute approximate surface area is 140 Å². The van der Waals surface area contributed by atoms with Crippen molar-refractivity contribution in [2.75, 3.05) is 33.8 Å². The van der Waals surface area contributed by atoms with Gasteiger partial charge in [0.2, 0.25) is 0 Å². The Kier molecular flexibility index (Phi) is 4.23. The van der Waals surface area contributed by atoms with Crippen LogP contribution in [0.4, 0.5) is 0 Å². The van der Waals surface area contributed by atoms with E-state index in [1.807, 2.05) is 19.9 Å². The first kappa shape index (κ1) is 16.4. The van der Waals surface area contributed by atoms with Crippen LogP contribution in [-0.4, -0.2) is 76.1 Å². The topological polar surface area (TPSA) is 80.0 Å². The van der Waals surface area contributed by atoms with Gasteiger partial charge in [-0.05, 0) is 19.9 Å². The number of nitrogens with zero attached hydrogens (tertiary/aromatic N) is 5. The van der Waals surface area contributed by atoms with Crippen molar-refractivity contribution in [1.29, 1.82) is 0 Å². The second-order valence-corrected chi connectivity index (χ2v) is 6.18. The van der Waals surface area contributed by atoms with E-state index in [0.29, 0.717) is 24.5 Å². The highest BCUT2D eigenvalue weighted by Crippen LogP contribution is 2.14. The number of hydrogen-bond donors (Lipinski definition) is 0. The molecular formula is C16H21N5O3. The summed E-state index contributed by atoms with van der Waals surface area (Å²) in [5.41, 5.74) is 2.69. The maximum absolute atomic E-state index is 12.8. The lowest BCUT2D eigenvalue weighted by molar-refractivity contribution is -0.145. The minimum absolute atomic E-state index is 0.140. The standard InChI is InChI=1S/C16H21N5O3/c1-10-7-14-17-12(8-11(2)21(14)18-10)15(22)20-5-6-24-13(9-20)16(23)19(3)4/h7-8,13H,5-6,9H2,1-4H3/t13-/m1/s1. The van der Waals surface area contributed by atoms with Gasteiger partial charge in [0.05, 0.1) is 18.8 Å². The van der Waals surface area contributed by atoms with Gasteiger partial charge in [-0.15, -0.1) is 0 Å². The zero-order valence-electron chi connectivity index (χ0n) is 14.3. The van der Waals surface area contributed by atoms with Gasteiger partial charge < -0.3 is 14.5 Å². The zero-order chi connectivity index (χ0) is 17.4. The van der Waals surface area contributed by atoms with E-state index in [1.165, 1.54) is 4.90 Å². The molecule has 1 aliphatic rings. The van der Waals surface area contributed by atoms with E-state index < -0.39 is 6.10 Å². The van der Waals surface area contributed by atoms with Crippen LogP contribution in [0.25, 0.3) is 5.65 Å². The molecule has 2 amide bonds. The Bertz CT molecular complexity index is 798. The number of likely N-dealkylation sites (N-methyl/N-ethyl adjacent to an activating group) is 1. The lowest BCUT2D eigenvalue weighted by Crippen LogP contribution is -2.51. The van der Waals surface area contributed by atoms with Gasteiger partial charge in [0, 0.05) is 32.4 Å². The van der Waals surface area contributed by atoms with Crippen molar-refractivity contribution in [2.24, 2.45) is 0 Å². The molecule has 2 aromatic rings. The highest BCUT2D eigenvalue weighted by atomic mass is 16.5. The normalized spacial score (nSPS) is 18.0. The maximum Gasteiger partial charge on any atom is 0.272 e. The van der Waals surface area contributed by atoms with Crippen molar-refractivity contribution in [3.05, 3.63) is 29.2 Å². The number of ether oxygens (including phenoxy) is 1. The molecule has 1 aliphatic heterocycles. The molecule has 1 atom stereocenters. The second-order valence-electron chi connectivity index (χ2n) is 6.18. The van der Waals surface area contributed by atoms with E-state index in [1.54, 1.807) is 29.6 Å². The van der Waals surface area contributed by atoms with E-state index >= 15 is 0 Å². The third-order valence-corrected chi connectivity index (χ3v) is 4.02. The SMILES string of the molecule is Cc1cc2nc(C(=O)N3CCO[C@@H](C(=O)N(C)C)C3)cc(C)n2n1. The number of hydrogen-bond acceptors (Lipinski definition) is 5. The van der Waals surface area contributed by atoms with Crippen LogP contribution in [0.1, 0.15) is 21.9 Å². The highest BCUT2D eigenvalue weighted by molar-refractivity contribution is 5.93. The largest absolute Gasteiger partial charge is 0.365 e. The molecule has 0 saturated carbocycles. The van der Waals surface area contributed by atoms with Gasteiger partial charge >= 0.3 is 0 Å². The number of carbonyl (C=O) groups is 2. The van der Waals surface area contributed by atoms with Crippen LogP contribution in [0.2, 0.25) is 0 Å². The van der Waals surface area contributed by atoms with Gasteiger partial charge in [0.25, 0.3) is 11.8 Å². The number of aryl methyl sites for hydroxylation is 2. The number of aromatic nitrogens is 3. The van der Waals surface area contributed by atoms with Gasteiger partial charge in [0.1, 0.15) is 5.69 Å². The van der Waals surface area contributed by atoms with Gasteiger partial charge in [-0.3, -0.25) is 9.59 Å². The zero-order valence-corrected chi connectivity index (χ0v) is 14.3. The Balaban J connectivity index is 1.84. The van der Waals surface area contributed by atoms with Crippen LogP contribution in [-0.2, 0) is 9.53 Å². The molecule has 3 heterocycles. The quantitative estimate of drug-likeness (QED) is 0.789. The molecule has 8 heteroatoms. The summed E-state index contributed by atoms with van der Waals surface area (Å²) in [5.74, 6) is -0.335. The van der Waals surface area contributed by atoms with Crippen LogP contribution in [0.3, 0.4) is 0 Å². The van der Waals surface area contributed by atoms with E-state index in [0.717, 1.165) is 11.4 Å². The van der Waals surface area contributed by atoms with Gasteiger partial charge in [-0.1, -0.05) is 0 Å². The number of amides is 2. The summed E-state index contributed by atoms with van der Waals surface area (Å²) in [7, 11) is 3.35. The summed E-state index contributed by atoms with van der Waals surface area (Å²) in [4.78, 5) is 32.4.